The fraction of sp³-hybridized carbons (Fsp3) is 0.429. The molecule has 1 aliphatic rings. The molecule has 0 bridgehead atoms. The van der Waals surface area contributed by atoms with Crippen LogP contribution in [0.3, 0.4) is 0 Å². The quantitative estimate of drug-likeness (QED) is 0.869. The minimum absolute atomic E-state index is 0.124. The monoisotopic (exact) mass is 259 g/mol. The van der Waals surface area contributed by atoms with Gasteiger partial charge in [-0.3, -0.25) is 0 Å². The van der Waals surface area contributed by atoms with Crippen molar-refractivity contribution >= 4 is 0 Å². The summed E-state index contributed by atoms with van der Waals surface area (Å²) in [6, 6.07) is 9.54. The van der Waals surface area contributed by atoms with Crippen molar-refractivity contribution in [2.45, 2.75) is 37.3 Å². The average Bonchev–Trinajstić information content (AvgIpc) is 3.10. The molecule has 0 aliphatic heterocycles. The van der Waals surface area contributed by atoms with Crippen LogP contribution in [-0.4, -0.2) is 21.4 Å². The van der Waals surface area contributed by atoms with Gasteiger partial charge in [0.1, 0.15) is 6.04 Å². The first-order valence-corrected chi connectivity index (χ1v) is 6.47. The smallest absolute Gasteiger partial charge is 0.246 e. The molecule has 1 heterocycles. The van der Waals surface area contributed by atoms with Gasteiger partial charge in [0.15, 0.2) is 5.82 Å². The van der Waals surface area contributed by atoms with Crippen molar-refractivity contribution in [3.8, 4) is 0 Å². The number of aliphatic hydroxyl groups is 1. The molecule has 3 N–H and O–H groups in total. The topological polar surface area (TPSA) is 85.2 Å². The predicted molar refractivity (Wildman–Crippen MR) is 69.4 cm³/mol. The van der Waals surface area contributed by atoms with Crippen LogP contribution in [0.5, 0.6) is 0 Å². The number of nitrogens with two attached hydrogens (primary N) is 1. The molecule has 3 rings (SSSR count). The molecule has 0 amide bonds. The Labute approximate surface area is 111 Å². The van der Waals surface area contributed by atoms with Gasteiger partial charge in [-0.15, -0.1) is 0 Å². The van der Waals surface area contributed by atoms with Gasteiger partial charge in [0.25, 0.3) is 0 Å². The van der Waals surface area contributed by atoms with Crippen LogP contribution in [0.15, 0.2) is 34.9 Å². The molecule has 1 aromatic carbocycles. The molecule has 1 fully saturated rings. The van der Waals surface area contributed by atoms with Gasteiger partial charge in [-0.1, -0.05) is 35.5 Å². The summed E-state index contributed by atoms with van der Waals surface area (Å²) in [7, 11) is 0. The molecule has 0 radical (unpaired) electrons. The lowest BCUT2D eigenvalue weighted by atomic mass is 9.95. The van der Waals surface area contributed by atoms with Crippen LogP contribution in [0.25, 0.3) is 0 Å². The Bertz CT molecular complexity index is 561. The highest BCUT2D eigenvalue weighted by atomic mass is 16.5. The van der Waals surface area contributed by atoms with Crippen LogP contribution in [-0.2, 0) is 5.41 Å². The average molecular weight is 259 g/mol. The zero-order valence-electron chi connectivity index (χ0n) is 10.8. The standard InChI is InChI=1S/C14H17N3O2/c1-9(18)11(15)12-16-13(17-19-12)14(7-8-14)10-5-3-2-4-6-10/h2-6,9,11,18H,7-8,15H2,1H3/t9-,11+/m1/s1. The fourth-order valence-electron chi connectivity index (χ4n) is 2.29. The molecule has 0 saturated heterocycles. The van der Waals surface area contributed by atoms with Crippen molar-refractivity contribution in [2.24, 2.45) is 5.73 Å². The lowest BCUT2D eigenvalue weighted by Gasteiger charge is -2.11. The number of nitrogens with zero attached hydrogens (tertiary/aromatic N) is 2. The van der Waals surface area contributed by atoms with E-state index in [9.17, 15) is 5.11 Å². The summed E-state index contributed by atoms with van der Waals surface area (Å²) in [5, 5.41) is 13.5. The second kappa shape index (κ2) is 4.43. The molecule has 2 atom stereocenters. The second-order valence-electron chi connectivity index (χ2n) is 5.17. The van der Waals surface area contributed by atoms with Crippen LogP contribution < -0.4 is 5.73 Å². The molecule has 0 spiro atoms. The van der Waals surface area contributed by atoms with Gasteiger partial charge >= 0.3 is 0 Å². The van der Waals surface area contributed by atoms with Crippen LogP contribution >= 0.6 is 0 Å². The van der Waals surface area contributed by atoms with E-state index in [-0.39, 0.29) is 5.41 Å². The zero-order chi connectivity index (χ0) is 13.5. The molecule has 100 valence electrons. The normalized spacial score (nSPS) is 19.9. The summed E-state index contributed by atoms with van der Waals surface area (Å²) in [6.45, 7) is 1.61. The minimum Gasteiger partial charge on any atom is -0.391 e. The molecule has 5 heteroatoms. The van der Waals surface area contributed by atoms with Gasteiger partial charge in [-0.25, -0.2) is 0 Å². The Morgan fingerprint density at radius 3 is 2.58 bits per heavy atom. The Balaban J connectivity index is 1.91. The van der Waals surface area contributed by atoms with Gasteiger partial charge < -0.3 is 15.4 Å². The maximum atomic E-state index is 9.47. The van der Waals surface area contributed by atoms with Gasteiger partial charge in [-0.05, 0) is 25.3 Å². The Hall–Kier alpha value is -1.72. The van der Waals surface area contributed by atoms with Crippen LogP contribution in [0.4, 0.5) is 0 Å². The minimum atomic E-state index is -0.708. The largest absolute Gasteiger partial charge is 0.391 e. The Kier molecular flexibility index (Phi) is 2.88. The third kappa shape index (κ3) is 2.05. The summed E-state index contributed by atoms with van der Waals surface area (Å²) in [4.78, 5) is 4.38. The zero-order valence-corrected chi connectivity index (χ0v) is 10.8. The molecule has 2 aromatic rings. The van der Waals surface area contributed by atoms with Gasteiger partial charge in [0.2, 0.25) is 5.89 Å². The van der Waals surface area contributed by atoms with Gasteiger partial charge in [0, 0.05) is 0 Å². The number of aliphatic hydroxyl groups excluding tert-OH is 1. The van der Waals surface area contributed by atoms with E-state index >= 15 is 0 Å². The molecule has 1 aromatic heterocycles. The second-order valence-corrected chi connectivity index (χ2v) is 5.17. The number of hydrogen-bond acceptors (Lipinski definition) is 5. The van der Waals surface area contributed by atoms with E-state index in [0.29, 0.717) is 11.7 Å². The number of benzene rings is 1. The van der Waals surface area contributed by atoms with E-state index < -0.39 is 12.1 Å². The van der Waals surface area contributed by atoms with Gasteiger partial charge in [-0.2, -0.15) is 4.98 Å². The molecule has 19 heavy (non-hydrogen) atoms. The Morgan fingerprint density at radius 2 is 2.00 bits per heavy atom. The molecule has 5 nitrogen and oxygen atoms in total. The third-order valence-electron chi connectivity index (χ3n) is 3.75. The summed E-state index contributed by atoms with van der Waals surface area (Å²) in [5.41, 5.74) is 6.89. The molecule has 1 aliphatic carbocycles. The Morgan fingerprint density at radius 1 is 1.32 bits per heavy atom. The predicted octanol–water partition coefficient (Wildman–Crippen LogP) is 1.53. The van der Waals surface area contributed by atoms with E-state index in [0.717, 1.165) is 12.8 Å². The maximum absolute atomic E-state index is 9.47. The van der Waals surface area contributed by atoms with Crippen LogP contribution in [0.1, 0.15) is 43.1 Å². The number of aromatic nitrogens is 2. The lowest BCUT2D eigenvalue weighted by Crippen LogP contribution is -2.23. The highest BCUT2D eigenvalue weighted by Crippen LogP contribution is 2.52. The van der Waals surface area contributed by atoms with Crippen molar-refractivity contribution in [1.82, 2.24) is 10.1 Å². The van der Waals surface area contributed by atoms with Crippen molar-refractivity contribution < 1.29 is 9.63 Å². The van der Waals surface area contributed by atoms with Crippen molar-refractivity contribution in [1.29, 1.82) is 0 Å². The maximum Gasteiger partial charge on any atom is 0.246 e. The van der Waals surface area contributed by atoms with E-state index in [2.05, 4.69) is 22.3 Å². The van der Waals surface area contributed by atoms with Crippen LogP contribution in [0, 0.1) is 0 Å². The van der Waals surface area contributed by atoms with E-state index in [1.807, 2.05) is 18.2 Å². The summed E-state index contributed by atoms with van der Waals surface area (Å²) in [5.74, 6) is 0.969. The lowest BCUT2D eigenvalue weighted by molar-refractivity contribution is 0.146. The number of hydrogen-bond donors (Lipinski definition) is 2. The van der Waals surface area contributed by atoms with E-state index in [1.54, 1.807) is 6.92 Å². The summed E-state index contributed by atoms with van der Waals surface area (Å²) < 4.78 is 5.19. The summed E-state index contributed by atoms with van der Waals surface area (Å²) in [6.07, 6.45) is 1.32. The van der Waals surface area contributed by atoms with E-state index in [4.69, 9.17) is 10.3 Å². The molecular weight excluding hydrogens is 242 g/mol. The highest BCUT2D eigenvalue weighted by molar-refractivity contribution is 5.38. The molecule has 0 unspecified atom stereocenters. The van der Waals surface area contributed by atoms with Crippen molar-refractivity contribution in [3.05, 3.63) is 47.6 Å². The first-order valence-electron chi connectivity index (χ1n) is 6.47. The fourth-order valence-corrected chi connectivity index (χ4v) is 2.29. The molecular formula is C14H17N3O2. The first kappa shape index (κ1) is 12.3. The molecule has 1 saturated carbocycles. The highest BCUT2D eigenvalue weighted by Gasteiger charge is 2.50. The van der Waals surface area contributed by atoms with Crippen molar-refractivity contribution in [3.63, 3.8) is 0 Å². The van der Waals surface area contributed by atoms with Crippen LogP contribution in [0.2, 0.25) is 0 Å². The van der Waals surface area contributed by atoms with Crippen molar-refractivity contribution in [2.75, 3.05) is 0 Å². The van der Waals surface area contributed by atoms with Gasteiger partial charge in [0.05, 0.1) is 11.5 Å². The summed E-state index contributed by atoms with van der Waals surface area (Å²) >= 11 is 0. The number of rotatable bonds is 4. The SMILES string of the molecule is C[C@@H](O)[C@H](N)c1nc(C2(c3ccccc3)CC2)no1. The van der Waals surface area contributed by atoms with E-state index in [1.165, 1.54) is 5.56 Å². The third-order valence-corrected chi connectivity index (χ3v) is 3.75. The first-order chi connectivity index (χ1) is 9.13.